The topological polar surface area (TPSA) is 52.6 Å². The van der Waals surface area contributed by atoms with E-state index in [1.165, 1.54) is 0 Å². The van der Waals surface area contributed by atoms with Gasteiger partial charge in [-0.2, -0.15) is 17.2 Å². The van der Waals surface area contributed by atoms with Crippen molar-refractivity contribution in [3.8, 4) is 0 Å². The summed E-state index contributed by atoms with van der Waals surface area (Å²) in [6, 6.07) is 12.1. The largest absolute Gasteiger partial charge is 0.431 e. The van der Waals surface area contributed by atoms with Crippen LogP contribution in [0.4, 0.5) is 17.6 Å². The minimum atomic E-state index is -5.88. The number of halogens is 4. The van der Waals surface area contributed by atoms with E-state index < -0.39 is 28.4 Å². The lowest BCUT2D eigenvalue weighted by Gasteiger charge is -2.14. The van der Waals surface area contributed by atoms with Crippen molar-refractivity contribution in [2.45, 2.75) is 18.3 Å². The standard InChI is InChI=1S/C13H10F4O4S/c14-12(15)13(16,17)22(18,19)21-20-8-9-5-6-10-3-1-2-4-11(10)7-9/h1-7,12H,8H2. The van der Waals surface area contributed by atoms with Crippen LogP contribution in [0.1, 0.15) is 5.56 Å². The normalized spacial score (nSPS) is 13.0. The zero-order chi connectivity index (χ0) is 16.4. The van der Waals surface area contributed by atoms with Crippen LogP contribution < -0.4 is 0 Å². The molecule has 0 aliphatic carbocycles. The molecule has 0 bridgehead atoms. The fourth-order valence-electron chi connectivity index (χ4n) is 1.64. The van der Waals surface area contributed by atoms with E-state index in [1.54, 1.807) is 30.3 Å². The van der Waals surface area contributed by atoms with Gasteiger partial charge in [-0.25, -0.2) is 13.7 Å². The van der Waals surface area contributed by atoms with Crippen LogP contribution in [0.15, 0.2) is 42.5 Å². The predicted molar refractivity (Wildman–Crippen MR) is 69.7 cm³/mol. The average molecular weight is 338 g/mol. The molecule has 9 heteroatoms. The van der Waals surface area contributed by atoms with Crippen molar-refractivity contribution >= 4 is 20.9 Å². The zero-order valence-corrected chi connectivity index (χ0v) is 11.7. The van der Waals surface area contributed by atoms with Crippen LogP contribution in [0.25, 0.3) is 10.8 Å². The first-order chi connectivity index (χ1) is 10.2. The summed E-state index contributed by atoms with van der Waals surface area (Å²) in [4.78, 5) is 4.17. The van der Waals surface area contributed by atoms with Crippen LogP contribution in [-0.2, 0) is 25.9 Å². The fraction of sp³-hybridized carbons (Fsp3) is 0.231. The first-order valence-electron chi connectivity index (χ1n) is 5.93. The maximum absolute atomic E-state index is 12.7. The number of benzene rings is 2. The Morgan fingerprint density at radius 1 is 1.05 bits per heavy atom. The summed E-state index contributed by atoms with van der Waals surface area (Å²) in [5, 5.41) is -3.62. The van der Waals surface area contributed by atoms with Gasteiger partial charge in [0, 0.05) is 0 Å². The van der Waals surface area contributed by atoms with E-state index in [2.05, 4.69) is 9.22 Å². The summed E-state index contributed by atoms with van der Waals surface area (Å²) >= 11 is 0. The minimum Gasteiger partial charge on any atom is -0.215 e. The van der Waals surface area contributed by atoms with E-state index in [9.17, 15) is 26.0 Å². The van der Waals surface area contributed by atoms with E-state index in [0.29, 0.717) is 5.56 Å². The van der Waals surface area contributed by atoms with Crippen LogP contribution in [-0.4, -0.2) is 20.1 Å². The van der Waals surface area contributed by atoms with E-state index >= 15 is 0 Å². The molecular formula is C13H10F4O4S. The molecule has 0 radical (unpaired) electrons. The molecule has 2 aromatic rings. The molecule has 0 aliphatic heterocycles. The molecule has 0 amide bonds. The summed E-state index contributed by atoms with van der Waals surface area (Å²) in [7, 11) is -5.88. The molecule has 22 heavy (non-hydrogen) atoms. The molecule has 0 atom stereocenters. The third-order valence-corrected chi connectivity index (χ3v) is 3.88. The van der Waals surface area contributed by atoms with Gasteiger partial charge in [-0.15, -0.1) is 4.33 Å². The molecule has 2 rings (SSSR count). The van der Waals surface area contributed by atoms with Gasteiger partial charge < -0.3 is 0 Å². The molecule has 2 aromatic carbocycles. The Bertz CT molecular complexity index is 761. The summed E-state index contributed by atoms with van der Waals surface area (Å²) in [6.07, 6.45) is -4.42. The number of fused-ring (bicyclic) bond motifs is 1. The summed E-state index contributed by atoms with van der Waals surface area (Å²) in [5.41, 5.74) is 0.425. The van der Waals surface area contributed by atoms with Gasteiger partial charge in [0.2, 0.25) is 0 Å². The Morgan fingerprint density at radius 3 is 2.32 bits per heavy atom. The highest BCUT2D eigenvalue weighted by atomic mass is 32.2. The highest BCUT2D eigenvalue weighted by molar-refractivity contribution is 7.87. The second-order valence-corrected chi connectivity index (χ2v) is 5.92. The third-order valence-electron chi connectivity index (χ3n) is 2.76. The highest BCUT2D eigenvalue weighted by Gasteiger charge is 2.56. The highest BCUT2D eigenvalue weighted by Crippen LogP contribution is 2.30. The van der Waals surface area contributed by atoms with Gasteiger partial charge in [0.05, 0.1) is 0 Å². The summed E-state index contributed by atoms with van der Waals surface area (Å²) in [6.45, 7) is -0.497. The Morgan fingerprint density at radius 2 is 1.68 bits per heavy atom. The van der Waals surface area contributed by atoms with E-state index in [0.717, 1.165) is 10.8 Å². The van der Waals surface area contributed by atoms with Gasteiger partial charge >= 0.3 is 21.8 Å². The quantitative estimate of drug-likeness (QED) is 0.460. The monoisotopic (exact) mass is 338 g/mol. The predicted octanol–water partition coefficient (Wildman–Crippen LogP) is 3.48. The molecule has 0 N–H and O–H groups in total. The minimum absolute atomic E-state index is 0.425. The van der Waals surface area contributed by atoms with Crippen LogP contribution in [0.5, 0.6) is 0 Å². The second kappa shape index (κ2) is 6.19. The van der Waals surface area contributed by atoms with Crippen molar-refractivity contribution in [1.82, 2.24) is 0 Å². The lowest BCUT2D eigenvalue weighted by Crippen LogP contribution is -2.37. The second-order valence-electron chi connectivity index (χ2n) is 4.33. The van der Waals surface area contributed by atoms with E-state index in [4.69, 9.17) is 0 Å². The molecule has 0 heterocycles. The smallest absolute Gasteiger partial charge is 0.215 e. The molecule has 0 saturated heterocycles. The lowest BCUT2D eigenvalue weighted by atomic mass is 10.1. The molecule has 120 valence electrons. The lowest BCUT2D eigenvalue weighted by molar-refractivity contribution is -0.223. The summed E-state index contributed by atoms with van der Waals surface area (Å²) < 4.78 is 74.7. The maximum atomic E-state index is 12.7. The van der Waals surface area contributed by atoms with E-state index in [-0.39, 0.29) is 0 Å². The Kier molecular flexibility index (Phi) is 4.69. The fourth-order valence-corrected chi connectivity index (χ4v) is 2.12. The Hall–Kier alpha value is -1.71. The van der Waals surface area contributed by atoms with Gasteiger partial charge in [0.25, 0.3) is 0 Å². The van der Waals surface area contributed by atoms with Crippen LogP contribution in [0, 0.1) is 0 Å². The van der Waals surface area contributed by atoms with Gasteiger partial charge in [-0.3, -0.25) is 0 Å². The molecule has 0 saturated carbocycles. The first-order valence-corrected chi connectivity index (χ1v) is 7.34. The molecule has 0 spiro atoms. The van der Waals surface area contributed by atoms with Crippen molar-refractivity contribution in [1.29, 1.82) is 0 Å². The Balaban J connectivity index is 2.03. The Labute approximate surface area is 123 Å². The average Bonchev–Trinajstić information content (AvgIpc) is 2.46. The van der Waals surface area contributed by atoms with Crippen molar-refractivity contribution in [3.63, 3.8) is 0 Å². The molecule has 0 aliphatic rings. The molecule has 0 fully saturated rings. The van der Waals surface area contributed by atoms with E-state index in [1.807, 2.05) is 12.1 Å². The van der Waals surface area contributed by atoms with Crippen molar-refractivity contribution in [2.24, 2.45) is 0 Å². The number of alkyl halides is 4. The van der Waals surface area contributed by atoms with Gasteiger partial charge in [-0.05, 0) is 22.4 Å². The number of hydrogen-bond acceptors (Lipinski definition) is 4. The molecule has 0 unspecified atom stereocenters. The zero-order valence-electron chi connectivity index (χ0n) is 10.9. The maximum Gasteiger partial charge on any atom is 0.431 e. The van der Waals surface area contributed by atoms with Crippen LogP contribution >= 0.6 is 0 Å². The van der Waals surface area contributed by atoms with Crippen molar-refractivity contribution in [2.75, 3.05) is 0 Å². The summed E-state index contributed by atoms with van der Waals surface area (Å²) in [5.74, 6) is 0. The molecule has 4 nitrogen and oxygen atoms in total. The van der Waals surface area contributed by atoms with Crippen LogP contribution in [0.3, 0.4) is 0 Å². The first kappa shape index (κ1) is 16.7. The molecular weight excluding hydrogens is 328 g/mol. The molecule has 0 aromatic heterocycles. The van der Waals surface area contributed by atoms with Crippen molar-refractivity contribution < 1.29 is 35.2 Å². The third kappa shape index (κ3) is 3.37. The van der Waals surface area contributed by atoms with Crippen molar-refractivity contribution in [3.05, 3.63) is 48.0 Å². The van der Waals surface area contributed by atoms with Gasteiger partial charge in [0.1, 0.15) is 6.61 Å². The number of hydrogen-bond donors (Lipinski definition) is 0. The van der Waals surface area contributed by atoms with Gasteiger partial charge in [0.15, 0.2) is 0 Å². The van der Waals surface area contributed by atoms with Crippen LogP contribution in [0.2, 0.25) is 0 Å². The van der Waals surface area contributed by atoms with Gasteiger partial charge in [-0.1, -0.05) is 36.4 Å². The number of rotatable bonds is 6. The SMILES string of the molecule is O=S(=O)(OOCc1ccc2ccccc2c1)C(F)(F)C(F)F.